The van der Waals surface area contributed by atoms with Crippen LogP contribution in [-0.2, 0) is 54.1 Å². The van der Waals surface area contributed by atoms with E-state index in [-0.39, 0.29) is 58.8 Å². The van der Waals surface area contributed by atoms with Crippen LogP contribution in [0.3, 0.4) is 0 Å². The van der Waals surface area contributed by atoms with Crippen molar-refractivity contribution >= 4 is 29.8 Å². The van der Waals surface area contributed by atoms with Crippen LogP contribution in [0, 0.1) is 0 Å². The lowest BCUT2D eigenvalue weighted by Crippen LogP contribution is -2.52. The Labute approximate surface area is 324 Å². The first-order chi connectivity index (χ1) is 24.4. The maximum absolute atomic E-state index is 14.0. The minimum Gasteiger partial charge on any atom is -0.459 e. The molecule has 0 aliphatic rings. The third-order valence-electron chi connectivity index (χ3n) is 6.89. The minimum absolute atomic E-state index is 0.157. The van der Waals surface area contributed by atoms with E-state index in [9.17, 15) is 24.0 Å². The van der Waals surface area contributed by atoms with Crippen molar-refractivity contribution in [1.82, 2.24) is 14.7 Å². The third-order valence-corrected chi connectivity index (χ3v) is 6.89. The minimum atomic E-state index is -0.818. The van der Waals surface area contributed by atoms with Crippen molar-refractivity contribution < 1.29 is 47.7 Å². The van der Waals surface area contributed by atoms with Gasteiger partial charge in [0, 0.05) is 26.2 Å². The molecule has 54 heavy (non-hydrogen) atoms. The van der Waals surface area contributed by atoms with Crippen molar-refractivity contribution in [2.75, 3.05) is 52.4 Å². The first kappa shape index (κ1) is 48.5. The summed E-state index contributed by atoms with van der Waals surface area (Å²) in [5.41, 5.74) is -2.89. The van der Waals surface area contributed by atoms with Gasteiger partial charge in [-0.05, 0) is 116 Å². The predicted octanol–water partition coefficient (Wildman–Crippen LogP) is 5.21. The Bertz CT molecular complexity index is 1230. The number of benzene rings is 1. The molecule has 1 unspecified atom stereocenters. The second-order valence-electron chi connectivity index (χ2n) is 18.5. The van der Waals surface area contributed by atoms with Crippen molar-refractivity contribution in [2.45, 2.75) is 144 Å². The average molecular weight is 764 g/mol. The number of carbonyl (C=O) groups excluding carboxylic acids is 5. The molecule has 1 rings (SSSR count). The van der Waals surface area contributed by atoms with Gasteiger partial charge in [-0.3, -0.25) is 38.7 Å². The Balaban J connectivity index is 3.64. The van der Waals surface area contributed by atoms with E-state index >= 15 is 0 Å². The summed E-state index contributed by atoms with van der Waals surface area (Å²) in [4.78, 5) is 71.4. The zero-order chi connectivity index (χ0) is 41.7. The fourth-order valence-corrected chi connectivity index (χ4v) is 5.19. The largest absolute Gasteiger partial charge is 0.459 e. The summed E-state index contributed by atoms with van der Waals surface area (Å²) in [7, 11) is 0. The van der Waals surface area contributed by atoms with Gasteiger partial charge in [0.25, 0.3) is 0 Å². The highest BCUT2D eigenvalue weighted by Gasteiger charge is 2.33. The molecule has 0 saturated heterocycles. The van der Waals surface area contributed by atoms with Crippen LogP contribution in [0.1, 0.15) is 109 Å². The van der Waals surface area contributed by atoms with Crippen LogP contribution in [-0.4, -0.2) is 131 Å². The van der Waals surface area contributed by atoms with Crippen LogP contribution in [0.15, 0.2) is 30.3 Å². The monoisotopic (exact) mass is 763 g/mol. The summed E-state index contributed by atoms with van der Waals surface area (Å²) in [6.45, 7) is 26.4. The first-order valence-corrected chi connectivity index (χ1v) is 18.7. The predicted molar refractivity (Wildman–Crippen MR) is 208 cm³/mol. The van der Waals surface area contributed by atoms with E-state index in [1.54, 1.807) is 114 Å². The lowest BCUT2D eigenvalue weighted by atomic mass is 10.0. The van der Waals surface area contributed by atoms with Crippen molar-refractivity contribution in [2.24, 2.45) is 0 Å². The van der Waals surface area contributed by atoms with Crippen LogP contribution in [0.25, 0.3) is 0 Å². The number of hydrogen-bond donors (Lipinski definition) is 0. The molecule has 13 nitrogen and oxygen atoms in total. The Morgan fingerprint density at radius 2 is 0.759 bits per heavy atom. The smallest absolute Gasteiger partial charge is 0.324 e. The fourth-order valence-electron chi connectivity index (χ4n) is 5.19. The van der Waals surface area contributed by atoms with Crippen LogP contribution in [0.4, 0.5) is 0 Å². The molecule has 0 fully saturated rings. The summed E-state index contributed by atoms with van der Waals surface area (Å²) < 4.78 is 28.3. The molecule has 0 N–H and O–H groups in total. The number of hydrogen-bond acceptors (Lipinski definition) is 13. The van der Waals surface area contributed by atoms with Gasteiger partial charge in [0.05, 0.1) is 26.2 Å². The molecule has 0 aliphatic carbocycles. The molecule has 1 atom stereocenters. The van der Waals surface area contributed by atoms with Gasteiger partial charge < -0.3 is 23.7 Å². The van der Waals surface area contributed by atoms with E-state index in [2.05, 4.69) is 0 Å². The SMILES string of the molecule is CC(C)(C)OC(=O)CN(CCN(CCN(CC(=O)OC(C)(C)C)CC(=O)OC(C)(C)C)C(Cc1ccccc1)C(=O)OC(C)(C)C)CC(=O)OC(C)(C)C. The second-order valence-corrected chi connectivity index (χ2v) is 18.5. The zero-order valence-corrected chi connectivity index (χ0v) is 35.8. The zero-order valence-electron chi connectivity index (χ0n) is 35.8. The van der Waals surface area contributed by atoms with Gasteiger partial charge in [-0.1, -0.05) is 30.3 Å². The second kappa shape index (κ2) is 20.4. The number of nitrogens with zero attached hydrogens (tertiary/aromatic N) is 3. The van der Waals surface area contributed by atoms with E-state index in [0.717, 1.165) is 5.56 Å². The quantitative estimate of drug-likeness (QED) is 0.143. The topological polar surface area (TPSA) is 141 Å². The van der Waals surface area contributed by atoms with Gasteiger partial charge in [0.2, 0.25) is 0 Å². The number of esters is 5. The van der Waals surface area contributed by atoms with E-state index in [4.69, 9.17) is 23.7 Å². The van der Waals surface area contributed by atoms with Crippen molar-refractivity contribution in [3.05, 3.63) is 35.9 Å². The molecule has 308 valence electrons. The lowest BCUT2D eigenvalue weighted by molar-refractivity contribution is -0.164. The van der Waals surface area contributed by atoms with Crippen molar-refractivity contribution in [3.63, 3.8) is 0 Å². The summed E-state index contributed by atoms with van der Waals surface area (Å²) in [5, 5.41) is 0. The van der Waals surface area contributed by atoms with Crippen molar-refractivity contribution in [1.29, 1.82) is 0 Å². The van der Waals surface area contributed by atoms with E-state index in [1.807, 2.05) is 35.2 Å². The van der Waals surface area contributed by atoms with Crippen LogP contribution in [0.2, 0.25) is 0 Å². The van der Waals surface area contributed by atoms with Crippen LogP contribution in [0.5, 0.6) is 0 Å². The average Bonchev–Trinajstić information content (AvgIpc) is 2.91. The maximum Gasteiger partial charge on any atom is 0.324 e. The lowest BCUT2D eigenvalue weighted by Gasteiger charge is -2.35. The first-order valence-electron chi connectivity index (χ1n) is 18.7. The van der Waals surface area contributed by atoms with Gasteiger partial charge in [0.15, 0.2) is 0 Å². The van der Waals surface area contributed by atoms with Gasteiger partial charge in [-0.25, -0.2) is 0 Å². The molecule has 13 heteroatoms. The molecule has 0 heterocycles. The molecular formula is C41H69N3O10. The van der Waals surface area contributed by atoms with Gasteiger partial charge in [0.1, 0.15) is 34.0 Å². The molecule has 0 aliphatic heterocycles. The van der Waals surface area contributed by atoms with Crippen LogP contribution < -0.4 is 0 Å². The number of ether oxygens (including phenoxy) is 5. The third kappa shape index (κ3) is 24.0. The summed E-state index contributed by atoms with van der Waals surface area (Å²) in [6.07, 6.45) is 0.284. The van der Waals surface area contributed by atoms with Crippen LogP contribution >= 0.6 is 0 Å². The Hall–Kier alpha value is -3.55. The number of carbonyl (C=O) groups is 5. The molecule has 1 aromatic rings. The van der Waals surface area contributed by atoms with E-state index in [0.29, 0.717) is 0 Å². The van der Waals surface area contributed by atoms with Crippen molar-refractivity contribution in [3.8, 4) is 0 Å². The number of rotatable bonds is 18. The summed E-state index contributed by atoms with van der Waals surface area (Å²) >= 11 is 0. The molecule has 0 radical (unpaired) electrons. The highest BCUT2D eigenvalue weighted by atomic mass is 16.6. The Kier molecular flexibility index (Phi) is 18.3. The molecular weight excluding hydrogens is 694 g/mol. The maximum atomic E-state index is 14.0. The Morgan fingerprint density at radius 3 is 1.04 bits per heavy atom. The highest BCUT2D eigenvalue weighted by molar-refractivity contribution is 5.77. The molecule has 0 amide bonds. The molecule has 0 bridgehead atoms. The van der Waals surface area contributed by atoms with Gasteiger partial charge >= 0.3 is 29.8 Å². The Morgan fingerprint density at radius 1 is 0.463 bits per heavy atom. The van der Waals surface area contributed by atoms with Gasteiger partial charge in [-0.15, -0.1) is 0 Å². The fraction of sp³-hybridized carbons (Fsp3) is 0.732. The van der Waals surface area contributed by atoms with E-state index < -0.39 is 63.9 Å². The van der Waals surface area contributed by atoms with Gasteiger partial charge in [-0.2, -0.15) is 0 Å². The molecule has 0 aromatic heterocycles. The normalized spacial score (nSPS) is 13.4. The summed E-state index contributed by atoms with van der Waals surface area (Å²) in [6, 6.07) is 8.69. The standard InChI is InChI=1S/C41H69N3O10/c1-37(2,3)50-32(45)26-42(27-33(46)51-38(4,5)6)21-23-44(31(36(49)54-41(13,14)15)25-30-19-17-16-18-20-30)24-22-43(28-34(47)52-39(7,8)9)29-35(48)53-40(10,11)12/h16-20,31H,21-29H2,1-15H3. The summed E-state index contributed by atoms with van der Waals surface area (Å²) in [5.74, 6) is -2.56. The molecule has 1 aromatic carbocycles. The van der Waals surface area contributed by atoms with E-state index in [1.165, 1.54) is 0 Å². The molecule has 0 spiro atoms. The highest BCUT2D eigenvalue weighted by Crippen LogP contribution is 2.18. The molecule has 0 saturated carbocycles.